The maximum Gasteiger partial charge on any atom is 0.372 e. The second-order valence-corrected chi connectivity index (χ2v) is 2.43. The molecule has 0 aromatic rings. The molecule has 8 nitrogen and oxygen atoms in total. The molecule has 0 amide bonds. The Bertz CT molecular complexity index is 271. The molecule has 0 radical (unpaired) electrons. The van der Waals surface area contributed by atoms with E-state index in [1.54, 1.807) is 0 Å². The van der Waals surface area contributed by atoms with Crippen molar-refractivity contribution in [1.29, 1.82) is 0 Å². The van der Waals surface area contributed by atoms with Gasteiger partial charge in [-0.05, 0) is 6.92 Å². The monoisotopic (exact) mass is 221 g/mol. The first-order valence-electron chi connectivity index (χ1n) is 3.64. The third-order valence-corrected chi connectivity index (χ3v) is 0.940. The van der Waals surface area contributed by atoms with Crippen LogP contribution in [-0.4, -0.2) is 45.1 Å². The largest absolute Gasteiger partial charge is 0.481 e. The fourth-order valence-electron chi connectivity index (χ4n) is 0.213. The predicted octanol–water partition coefficient (Wildman–Crippen LogP) is -1.47. The number of carbonyl (C=O) groups excluding carboxylic acids is 1. The molecule has 1 atom stereocenters. The number of nitrogens with two attached hydrogens (primary N) is 1. The van der Waals surface area contributed by atoms with Crippen molar-refractivity contribution in [2.45, 2.75) is 19.4 Å². The number of Topliss-reactive ketones (excluding diaryl/α,β-unsaturated/α-hetero) is 1. The highest BCUT2D eigenvalue weighted by molar-refractivity contribution is 6.35. The maximum atomic E-state index is 9.97. The quantitative estimate of drug-likeness (QED) is 0.331. The maximum absolute atomic E-state index is 9.97. The normalized spacial score (nSPS) is 10.5. The molecule has 0 rings (SSSR count). The Hall–Kier alpha value is -1.96. The molecular formula is C7H11NO7. The fraction of sp³-hybridized carbons (Fsp3) is 0.429. The third-order valence-electron chi connectivity index (χ3n) is 0.940. The first-order chi connectivity index (χ1) is 6.68. The van der Waals surface area contributed by atoms with E-state index in [1.807, 2.05) is 0 Å². The predicted molar refractivity (Wildman–Crippen MR) is 46.2 cm³/mol. The minimum Gasteiger partial charge on any atom is -0.481 e. The third kappa shape index (κ3) is 12.0. The van der Waals surface area contributed by atoms with E-state index >= 15 is 0 Å². The Kier molecular flexibility index (Phi) is 7.70. The smallest absolute Gasteiger partial charge is 0.372 e. The Morgan fingerprint density at radius 1 is 1.13 bits per heavy atom. The average molecular weight is 221 g/mol. The lowest BCUT2D eigenvalue weighted by atomic mass is 10.3. The molecule has 0 aliphatic heterocycles. The molecule has 0 spiro atoms. The molecule has 0 fully saturated rings. The van der Waals surface area contributed by atoms with E-state index in [0.29, 0.717) is 0 Å². The van der Waals surface area contributed by atoms with Gasteiger partial charge in [-0.15, -0.1) is 0 Å². The van der Waals surface area contributed by atoms with Crippen molar-refractivity contribution in [3.05, 3.63) is 0 Å². The van der Waals surface area contributed by atoms with Crippen LogP contribution in [0.3, 0.4) is 0 Å². The minimum atomic E-state index is -1.71. The van der Waals surface area contributed by atoms with Crippen LogP contribution in [0.25, 0.3) is 0 Å². The highest BCUT2D eigenvalue weighted by Gasteiger charge is 2.14. The molecular weight excluding hydrogens is 210 g/mol. The van der Waals surface area contributed by atoms with Crippen molar-refractivity contribution >= 4 is 23.7 Å². The number of ketones is 1. The number of aliphatic carboxylic acids is 3. The summed E-state index contributed by atoms with van der Waals surface area (Å²) >= 11 is 0. The average Bonchev–Trinajstić information content (AvgIpc) is 2.03. The summed E-state index contributed by atoms with van der Waals surface area (Å²) in [4.78, 5) is 38.8. The molecule has 0 saturated heterocycles. The summed E-state index contributed by atoms with van der Waals surface area (Å²) in [6.07, 6.45) is -0.949. The Morgan fingerprint density at radius 2 is 1.47 bits per heavy atom. The zero-order valence-corrected chi connectivity index (χ0v) is 7.84. The summed E-state index contributed by atoms with van der Waals surface area (Å²) in [5.74, 6) is -5.41. The molecule has 0 bridgehead atoms. The van der Waals surface area contributed by atoms with Crippen molar-refractivity contribution in [2.24, 2.45) is 5.73 Å². The standard InChI is InChI=1S/C4H4O5.C3H7NO2/c5-2(4(8)9)1-3(6)7;1-2(4)3(5)6/h1H2,(H,6,7)(H,8,9);2H,4H2,1H3,(H,5,6)/t;2-/m.0/s1. The van der Waals surface area contributed by atoms with Crippen molar-refractivity contribution in [3.63, 3.8) is 0 Å². The summed E-state index contributed by atoms with van der Waals surface area (Å²) in [7, 11) is 0. The molecule has 5 N–H and O–H groups in total. The van der Waals surface area contributed by atoms with Gasteiger partial charge in [-0.1, -0.05) is 0 Å². The van der Waals surface area contributed by atoms with Crippen LogP contribution >= 0.6 is 0 Å². The van der Waals surface area contributed by atoms with Gasteiger partial charge in [0.25, 0.3) is 5.78 Å². The van der Waals surface area contributed by atoms with Gasteiger partial charge < -0.3 is 21.1 Å². The van der Waals surface area contributed by atoms with Crippen LogP contribution in [0.4, 0.5) is 0 Å². The van der Waals surface area contributed by atoms with Gasteiger partial charge in [0.05, 0.1) is 0 Å². The molecule has 15 heavy (non-hydrogen) atoms. The number of carbonyl (C=O) groups is 4. The van der Waals surface area contributed by atoms with Crippen LogP contribution in [0.5, 0.6) is 0 Å². The molecule has 0 aliphatic carbocycles. The molecule has 0 aromatic heterocycles. The van der Waals surface area contributed by atoms with Crippen molar-refractivity contribution in [1.82, 2.24) is 0 Å². The van der Waals surface area contributed by atoms with Gasteiger partial charge in [0.2, 0.25) is 0 Å². The molecule has 8 heteroatoms. The first kappa shape index (κ1) is 15.5. The Morgan fingerprint density at radius 3 is 1.53 bits per heavy atom. The van der Waals surface area contributed by atoms with Gasteiger partial charge >= 0.3 is 17.9 Å². The van der Waals surface area contributed by atoms with E-state index in [1.165, 1.54) is 6.92 Å². The molecule has 86 valence electrons. The van der Waals surface area contributed by atoms with E-state index in [2.05, 4.69) is 0 Å². The number of hydrogen-bond acceptors (Lipinski definition) is 5. The van der Waals surface area contributed by atoms with Gasteiger partial charge in [0.15, 0.2) is 0 Å². The van der Waals surface area contributed by atoms with E-state index in [-0.39, 0.29) is 0 Å². The summed E-state index contributed by atoms with van der Waals surface area (Å²) in [5.41, 5.74) is 4.84. The molecule has 0 heterocycles. The highest BCUT2D eigenvalue weighted by Crippen LogP contribution is 1.81. The summed E-state index contributed by atoms with van der Waals surface area (Å²) in [6, 6.07) is -0.731. The molecule has 0 saturated carbocycles. The fourth-order valence-corrected chi connectivity index (χ4v) is 0.213. The Balaban J connectivity index is 0. The number of rotatable bonds is 4. The SMILES string of the molecule is C[C@H](N)C(=O)O.O=C(O)CC(=O)C(=O)O. The topological polar surface area (TPSA) is 155 Å². The summed E-state index contributed by atoms with van der Waals surface area (Å²) in [6.45, 7) is 1.42. The molecule has 0 aromatic carbocycles. The summed E-state index contributed by atoms with van der Waals surface area (Å²) in [5, 5.41) is 23.5. The molecule has 0 unspecified atom stereocenters. The lowest BCUT2D eigenvalue weighted by molar-refractivity contribution is -0.152. The van der Waals surface area contributed by atoms with E-state index in [4.69, 9.17) is 21.1 Å². The van der Waals surface area contributed by atoms with Crippen LogP contribution < -0.4 is 5.73 Å². The van der Waals surface area contributed by atoms with E-state index in [0.717, 1.165) is 0 Å². The number of hydrogen-bond donors (Lipinski definition) is 4. The Labute approximate surface area is 84.3 Å². The van der Waals surface area contributed by atoms with Crippen molar-refractivity contribution in [3.8, 4) is 0 Å². The van der Waals surface area contributed by atoms with Crippen LogP contribution in [0, 0.1) is 0 Å². The number of carboxylic acid groups (broad SMARTS) is 3. The zero-order valence-electron chi connectivity index (χ0n) is 7.84. The lowest BCUT2D eigenvalue weighted by Gasteiger charge is -1.90. The van der Waals surface area contributed by atoms with Gasteiger partial charge in [-0.2, -0.15) is 0 Å². The highest BCUT2D eigenvalue weighted by atomic mass is 16.4. The van der Waals surface area contributed by atoms with E-state index in [9.17, 15) is 19.2 Å². The number of carboxylic acids is 3. The van der Waals surface area contributed by atoms with Gasteiger partial charge in [0, 0.05) is 0 Å². The van der Waals surface area contributed by atoms with Gasteiger partial charge in [-0.3, -0.25) is 14.4 Å². The molecule has 0 aliphatic rings. The van der Waals surface area contributed by atoms with Crippen LogP contribution in [0.2, 0.25) is 0 Å². The van der Waals surface area contributed by atoms with Crippen molar-refractivity contribution < 1.29 is 34.5 Å². The summed E-state index contributed by atoms with van der Waals surface area (Å²) < 4.78 is 0. The zero-order chi connectivity index (χ0) is 12.6. The van der Waals surface area contributed by atoms with E-state index < -0.39 is 36.2 Å². The van der Waals surface area contributed by atoms with Gasteiger partial charge in [0.1, 0.15) is 12.5 Å². The van der Waals surface area contributed by atoms with Gasteiger partial charge in [-0.25, -0.2) is 4.79 Å². The second-order valence-electron chi connectivity index (χ2n) is 2.43. The lowest BCUT2D eigenvalue weighted by Crippen LogP contribution is -2.25. The first-order valence-corrected chi connectivity index (χ1v) is 3.64. The van der Waals surface area contributed by atoms with Crippen LogP contribution in [0.15, 0.2) is 0 Å². The minimum absolute atomic E-state index is 0.731. The van der Waals surface area contributed by atoms with Crippen LogP contribution in [0.1, 0.15) is 13.3 Å². The van der Waals surface area contributed by atoms with Crippen LogP contribution in [-0.2, 0) is 19.2 Å². The second kappa shape index (κ2) is 7.44. The van der Waals surface area contributed by atoms with Crippen molar-refractivity contribution in [2.75, 3.05) is 0 Å².